The lowest BCUT2D eigenvalue weighted by Gasteiger charge is -2.39. The summed E-state index contributed by atoms with van der Waals surface area (Å²) >= 11 is 0. The first-order valence-electron chi connectivity index (χ1n) is 9.83. The van der Waals surface area contributed by atoms with Crippen molar-refractivity contribution in [1.82, 2.24) is 9.80 Å². The van der Waals surface area contributed by atoms with Crippen molar-refractivity contribution in [1.29, 1.82) is 0 Å². The van der Waals surface area contributed by atoms with Crippen molar-refractivity contribution in [2.75, 3.05) is 27.3 Å². The maximum absolute atomic E-state index is 12.6. The van der Waals surface area contributed by atoms with E-state index in [2.05, 4.69) is 0 Å². The normalized spacial score (nSPS) is 16.3. The lowest BCUT2D eigenvalue weighted by molar-refractivity contribution is -0.136. The number of amides is 2. The molecule has 2 rings (SSSR count). The molecule has 0 spiro atoms. The van der Waals surface area contributed by atoms with Crippen molar-refractivity contribution in [3.8, 4) is 11.5 Å². The van der Waals surface area contributed by atoms with E-state index in [0.717, 1.165) is 5.56 Å². The van der Waals surface area contributed by atoms with E-state index in [9.17, 15) is 14.7 Å². The zero-order valence-corrected chi connectivity index (χ0v) is 18.0. The number of methoxy groups -OCH3 is 2. The molecule has 1 saturated heterocycles. The maximum Gasteiger partial charge on any atom is 0.407 e. The van der Waals surface area contributed by atoms with Gasteiger partial charge < -0.3 is 30.1 Å². The molecule has 1 heterocycles. The number of benzene rings is 1. The van der Waals surface area contributed by atoms with Crippen LogP contribution in [0.1, 0.15) is 39.2 Å². The van der Waals surface area contributed by atoms with Gasteiger partial charge in [-0.25, -0.2) is 4.79 Å². The van der Waals surface area contributed by atoms with Gasteiger partial charge in [0.2, 0.25) is 5.91 Å². The number of hydrogen-bond donors (Lipinski definition) is 2. The van der Waals surface area contributed by atoms with Crippen molar-refractivity contribution in [3.63, 3.8) is 0 Å². The molecule has 0 unspecified atom stereocenters. The van der Waals surface area contributed by atoms with E-state index in [4.69, 9.17) is 15.2 Å². The molecule has 1 aromatic carbocycles. The summed E-state index contributed by atoms with van der Waals surface area (Å²) in [6.07, 6.45) is 0.167. The summed E-state index contributed by atoms with van der Waals surface area (Å²) < 4.78 is 10.6. The molecule has 162 valence electrons. The second-order valence-electron chi connectivity index (χ2n) is 8.49. The van der Waals surface area contributed by atoms with Crippen molar-refractivity contribution in [2.24, 2.45) is 11.1 Å². The van der Waals surface area contributed by atoms with Crippen LogP contribution in [0.25, 0.3) is 0 Å². The van der Waals surface area contributed by atoms with Gasteiger partial charge in [-0.3, -0.25) is 4.79 Å². The number of carbonyl (C=O) groups excluding carboxylic acids is 1. The smallest absolute Gasteiger partial charge is 0.407 e. The van der Waals surface area contributed by atoms with Gasteiger partial charge in [0.1, 0.15) is 11.5 Å². The maximum atomic E-state index is 12.6. The molecule has 1 atom stereocenters. The van der Waals surface area contributed by atoms with Crippen LogP contribution in [-0.4, -0.2) is 66.3 Å². The first kappa shape index (κ1) is 22.8. The summed E-state index contributed by atoms with van der Waals surface area (Å²) in [7, 11) is 3.12. The highest BCUT2D eigenvalue weighted by Gasteiger charge is 2.35. The Hall–Kier alpha value is -2.48. The third kappa shape index (κ3) is 5.53. The predicted octanol–water partition coefficient (Wildman–Crippen LogP) is 2.55. The predicted molar refractivity (Wildman–Crippen MR) is 110 cm³/mol. The Kier molecular flexibility index (Phi) is 7.35. The monoisotopic (exact) mass is 407 g/mol. The molecule has 8 heteroatoms. The van der Waals surface area contributed by atoms with Gasteiger partial charge in [0.05, 0.1) is 26.8 Å². The van der Waals surface area contributed by atoms with Gasteiger partial charge in [-0.2, -0.15) is 0 Å². The van der Waals surface area contributed by atoms with Gasteiger partial charge in [0.25, 0.3) is 0 Å². The fraction of sp³-hybridized carbons (Fsp3) is 0.619. The van der Waals surface area contributed by atoms with E-state index in [0.29, 0.717) is 37.4 Å². The molecule has 0 aliphatic carbocycles. The quantitative estimate of drug-likeness (QED) is 0.751. The Morgan fingerprint density at radius 1 is 1.24 bits per heavy atom. The van der Waals surface area contributed by atoms with E-state index >= 15 is 0 Å². The van der Waals surface area contributed by atoms with Gasteiger partial charge in [-0.15, -0.1) is 0 Å². The molecular formula is C21H33N3O5. The van der Waals surface area contributed by atoms with Crippen LogP contribution >= 0.6 is 0 Å². The summed E-state index contributed by atoms with van der Waals surface area (Å²) in [5.74, 6) is 1.16. The van der Waals surface area contributed by atoms with Gasteiger partial charge in [-0.1, -0.05) is 20.8 Å². The molecule has 1 aliphatic rings. The van der Waals surface area contributed by atoms with Gasteiger partial charge in [-0.05, 0) is 30.4 Å². The fourth-order valence-electron chi connectivity index (χ4n) is 3.48. The molecule has 1 aliphatic heterocycles. The fourth-order valence-corrected chi connectivity index (χ4v) is 3.48. The Bertz CT molecular complexity index is 724. The highest BCUT2D eigenvalue weighted by atomic mass is 16.5. The number of nitrogens with two attached hydrogens (primary N) is 1. The van der Waals surface area contributed by atoms with E-state index < -0.39 is 12.1 Å². The molecule has 0 aromatic heterocycles. The van der Waals surface area contributed by atoms with Gasteiger partial charge in [0, 0.05) is 30.8 Å². The highest BCUT2D eigenvalue weighted by molar-refractivity contribution is 5.82. The number of rotatable bonds is 6. The van der Waals surface area contributed by atoms with Crippen LogP contribution in [0.15, 0.2) is 18.2 Å². The standard InChI is InChI=1S/C21H33N3O5/c1-21(2,3)18(22)19(25)23-10-8-15(9-11-23)24(20(26)27)13-14-6-7-16(28-4)12-17(14)29-5/h6-7,12,15,18H,8-11,13,22H2,1-5H3,(H,26,27)/t18-/m1/s1. The van der Waals surface area contributed by atoms with Crippen molar-refractivity contribution < 1.29 is 24.2 Å². The van der Waals surface area contributed by atoms with Gasteiger partial charge in [0.15, 0.2) is 0 Å². The molecule has 0 saturated carbocycles. The van der Waals surface area contributed by atoms with Crippen LogP contribution in [0.3, 0.4) is 0 Å². The minimum absolute atomic E-state index is 0.0744. The minimum Gasteiger partial charge on any atom is -0.497 e. The first-order valence-corrected chi connectivity index (χ1v) is 9.83. The number of nitrogens with zero attached hydrogens (tertiary/aromatic N) is 2. The second-order valence-corrected chi connectivity index (χ2v) is 8.49. The zero-order chi connectivity index (χ0) is 21.8. The van der Waals surface area contributed by atoms with Crippen molar-refractivity contribution in [2.45, 2.75) is 52.2 Å². The molecule has 29 heavy (non-hydrogen) atoms. The van der Waals surface area contributed by atoms with Crippen LogP contribution in [0.4, 0.5) is 4.79 Å². The van der Waals surface area contributed by atoms with Crippen LogP contribution in [0, 0.1) is 5.41 Å². The molecule has 0 radical (unpaired) electrons. The minimum atomic E-state index is -0.987. The van der Waals surface area contributed by atoms with E-state index in [-0.39, 0.29) is 23.9 Å². The Balaban J connectivity index is 2.07. The van der Waals surface area contributed by atoms with Crippen molar-refractivity contribution in [3.05, 3.63) is 23.8 Å². The van der Waals surface area contributed by atoms with E-state index in [1.807, 2.05) is 26.8 Å². The number of ether oxygens (including phenoxy) is 2. The average molecular weight is 408 g/mol. The van der Waals surface area contributed by atoms with Crippen LogP contribution in [0.2, 0.25) is 0 Å². The first-order chi connectivity index (χ1) is 13.6. The summed E-state index contributed by atoms with van der Waals surface area (Å²) in [6, 6.07) is 4.60. The zero-order valence-electron chi connectivity index (χ0n) is 18.0. The molecule has 2 amide bonds. The molecule has 8 nitrogen and oxygen atoms in total. The largest absolute Gasteiger partial charge is 0.497 e. The third-order valence-corrected chi connectivity index (χ3v) is 5.50. The summed E-state index contributed by atoms with van der Waals surface area (Å²) in [6.45, 7) is 7.03. The second kappa shape index (κ2) is 9.35. The SMILES string of the molecule is COc1ccc(CN(C(=O)O)C2CCN(C(=O)[C@@H](N)C(C)(C)C)CC2)c(OC)c1. The molecule has 3 N–H and O–H groups in total. The number of piperidine rings is 1. The van der Waals surface area contributed by atoms with E-state index in [1.54, 1.807) is 31.3 Å². The van der Waals surface area contributed by atoms with Crippen LogP contribution in [-0.2, 0) is 11.3 Å². The number of hydrogen-bond acceptors (Lipinski definition) is 5. The molecule has 0 bridgehead atoms. The Morgan fingerprint density at radius 2 is 1.86 bits per heavy atom. The lowest BCUT2D eigenvalue weighted by Crippen LogP contribution is -2.54. The summed E-state index contributed by atoms with van der Waals surface area (Å²) in [5, 5.41) is 9.78. The highest BCUT2D eigenvalue weighted by Crippen LogP contribution is 2.28. The van der Waals surface area contributed by atoms with E-state index in [1.165, 1.54) is 4.90 Å². The Labute approximate surface area is 172 Å². The number of likely N-dealkylation sites (tertiary alicyclic amines) is 1. The third-order valence-electron chi connectivity index (χ3n) is 5.50. The van der Waals surface area contributed by atoms with Crippen molar-refractivity contribution >= 4 is 12.0 Å². The molecule has 1 fully saturated rings. The molecular weight excluding hydrogens is 374 g/mol. The van der Waals surface area contributed by atoms with Crippen LogP contribution in [0.5, 0.6) is 11.5 Å². The number of carbonyl (C=O) groups is 2. The topological polar surface area (TPSA) is 105 Å². The average Bonchev–Trinajstić information content (AvgIpc) is 2.70. The summed E-state index contributed by atoms with van der Waals surface area (Å²) in [4.78, 5) is 27.8. The van der Waals surface area contributed by atoms with Gasteiger partial charge >= 0.3 is 6.09 Å². The molecule has 1 aromatic rings. The summed E-state index contributed by atoms with van der Waals surface area (Å²) in [5.41, 5.74) is 6.56. The Morgan fingerprint density at radius 3 is 2.34 bits per heavy atom. The number of carboxylic acid groups (broad SMARTS) is 1. The van der Waals surface area contributed by atoms with Crippen LogP contribution < -0.4 is 15.2 Å². The lowest BCUT2D eigenvalue weighted by atomic mass is 9.86.